The largest absolute Gasteiger partial charge is 0.508 e. The second kappa shape index (κ2) is 5.39. The van der Waals surface area contributed by atoms with Crippen LogP contribution in [0.1, 0.15) is 0 Å². The lowest BCUT2D eigenvalue weighted by Crippen LogP contribution is -2.01. The van der Waals surface area contributed by atoms with Gasteiger partial charge in [0.25, 0.3) is 0 Å². The van der Waals surface area contributed by atoms with Crippen LogP contribution in [0.2, 0.25) is 0 Å². The summed E-state index contributed by atoms with van der Waals surface area (Å²) in [5.74, 6) is 1.04. The van der Waals surface area contributed by atoms with Crippen molar-refractivity contribution in [1.82, 2.24) is 9.55 Å². The highest BCUT2D eigenvalue weighted by molar-refractivity contribution is 6.34. The Morgan fingerprint density at radius 2 is 1.68 bits per heavy atom. The zero-order valence-electron chi connectivity index (χ0n) is 15.2. The molecule has 0 spiro atoms. The molecule has 0 aliphatic rings. The van der Waals surface area contributed by atoms with E-state index in [-0.39, 0.29) is 5.75 Å². The predicted molar refractivity (Wildman–Crippen MR) is 116 cm³/mol. The predicted octanol–water partition coefficient (Wildman–Crippen LogP) is 4.04. The van der Waals surface area contributed by atoms with Crippen molar-refractivity contribution >= 4 is 57.2 Å². The number of nitrogens with zero attached hydrogens (tertiary/aromatic N) is 2. The summed E-state index contributed by atoms with van der Waals surface area (Å²) < 4.78 is 8.03. The summed E-state index contributed by atoms with van der Waals surface area (Å²) in [6.45, 7) is 0. The number of phenolic OH excluding ortho intramolecular Hbond substituents is 1. The van der Waals surface area contributed by atoms with Crippen LogP contribution >= 0.6 is 0 Å². The molecule has 3 aromatic carbocycles. The molecule has 1 N–H and O–H groups in total. The molecule has 0 saturated heterocycles. The van der Waals surface area contributed by atoms with Crippen molar-refractivity contribution in [2.75, 3.05) is 0 Å². The number of hydrogen-bond acceptors (Lipinski definition) is 3. The Balaban J connectivity index is 1.76. The first kappa shape index (κ1) is 15.3. The van der Waals surface area contributed by atoms with Gasteiger partial charge in [-0.1, -0.05) is 29.7 Å². The summed E-state index contributed by atoms with van der Waals surface area (Å²) in [6.07, 6.45) is 0. The van der Waals surface area contributed by atoms with Crippen LogP contribution in [0.25, 0.3) is 49.7 Å². The van der Waals surface area contributed by atoms with Gasteiger partial charge in [0.1, 0.15) is 30.5 Å². The lowest BCUT2D eigenvalue weighted by molar-refractivity contribution is 0.476. The first-order valence-electron chi connectivity index (χ1n) is 9.21. The monoisotopic (exact) mass is 362 g/mol. The van der Waals surface area contributed by atoms with Gasteiger partial charge in [-0.25, -0.2) is 4.98 Å². The number of fused-ring (bicyclic) bond motifs is 6. The Kier molecular flexibility index (Phi) is 2.96. The summed E-state index contributed by atoms with van der Waals surface area (Å²) in [7, 11) is 2.09. The van der Waals surface area contributed by atoms with E-state index >= 15 is 0 Å². The van der Waals surface area contributed by atoms with E-state index in [4.69, 9.17) is 9.40 Å². The number of aromatic hydroxyl groups is 1. The van der Waals surface area contributed by atoms with E-state index in [9.17, 15) is 5.11 Å². The second-order valence-electron chi connectivity index (χ2n) is 7.17. The minimum Gasteiger partial charge on any atom is -0.508 e. The van der Waals surface area contributed by atoms with Crippen LogP contribution in [-0.2, 0) is 0 Å². The molecule has 0 atom stereocenters. The number of hydrogen-bond donors (Lipinski definition) is 1. The highest BCUT2D eigenvalue weighted by Gasteiger charge is 2.16. The van der Waals surface area contributed by atoms with E-state index in [0.717, 1.165) is 49.7 Å². The molecule has 3 heterocycles. The van der Waals surface area contributed by atoms with Crippen molar-refractivity contribution in [2.24, 2.45) is 0 Å². The van der Waals surface area contributed by atoms with Crippen LogP contribution < -0.4 is 5.46 Å². The topological polar surface area (TPSA) is 51.2 Å². The lowest BCUT2D eigenvalue weighted by Gasteiger charge is -2.07. The van der Waals surface area contributed by atoms with Crippen LogP contribution in [0.3, 0.4) is 0 Å². The van der Waals surface area contributed by atoms with E-state index in [2.05, 4.69) is 30.6 Å². The van der Waals surface area contributed by atoms with Crippen LogP contribution in [0.4, 0.5) is 0 Å². The van der Waals surface area contributed by atoms with Gasteiger partial charge in [0, 0.05) is 22.2 Å². The van der Waals surface area contributed by atoms with E-state index in [1.54, 1.807) is 12.1 Å². The molecular formula is C23H15BN2O2. The lowest BCUT2D eigenvalue weighted by atomic mass is 9.94. The van der Waals surface area contributed by atoms with Crippen molar-refractivity contribution in [2.45, 2.75) is 0 Å². The summed E-state index contributed by atoms with van der Waals surface area (Å²) in [4.78, 5) is 4.95. The van der Waals surface area contributed by atoms with Gasteiger partial charge in [-0.15, -0.1) is 0 Å². The van der Waals surface area contributed by atoms with Crippen LogP contribution in [0.15, 0.2) is 77.2 Å². The third kappa shape index (κ3) is 2.04. The Morgan fingerprint density at radius 1 is 0.786 bits per heavy atom. The van der Waals surface area contributed by atoms with Crippen LogP contribution in [-0.4, -0.2) is 22.5 Å². The van der Waals surface area contributed by atoms with Crippen molar-refractivity contribution in [1.29, 1.82) is 0 Å². The number of phenols is 1. The molecular weight excluding hydrogens is 347 g/mol. The molecule has 6 rings (SSSR count). The maximum Gasteiger partial charge on any atom is 0.154 e. The third-order valence-corrected chi connectivity index (χ3v) is 5.34. The smallest absolute Gasteiger partial charge is 0.154 e. The molecule has 0 fully saturated rings. The van der Waals surface area contributed by atoms with E-state index in [1.165, 1.54) is 5.46 Å². The fraction of sp³-hybridized carbons (Fsp3) is 0. The maximum atomic E-state index is 10.1. The minimum atomic E-state index is 0.239. The average Bonchev–Trinajstić information content (AvgIpc) is 3.22. The Bertz CT molecular complexity index is 1550. The van der Waals surface area contributed by atoms with Crippen LogP contribution in [0.5, 0.6) is 5.75 Å². The van der Waals surface area contributed by atoms with Gasteiger partial charge in [0.05, 0.1) is 11.0 Å². The molecule has 0 saturated carbocycles. The molecule has 0 aliphatic carbocycles. The highest BCUT2D eigenvalue weighted by Crippen LogP contribution is 2.34. The van der Waals surface area contributed by atoms with Crippen LogP contribution in [0, 0.1) is 0 Å². The van der Waals surface area contributed by atoms with Gasteiger partial charge < -0.3 is 9.52 Å². The normalized spacial score (nSPS) is 11.9. The van der Waals surface area contributed by atoms with Crippen molar-refractivity contribution in [3.63, 3.8) is 0 Å². The Morgan fingerprint density at radius 3 is 2.61 bits per heavy atom. The number of benzene rings is 3. The Hall–Kier alpha value is -3.73. The zero-order valence-corrected chi connectivity index (χ0v) is 15.2. The molecule has 0 amide bonds. The number of furan rings is 1. The third-order valence-electron chi connectivity index (χ3n) is 5.34. The quantitative estimate of drug-likeness (QED) is 0.449. The van der Waals surface area contributed by atoms with Gasteiger partial charge in [-0.2, -0.15) is 0 Å². The summed E-state index contributed by atoms with van der Waals surface area (Å²) in [5.41, 5.74) is 5.63. The van der Waals surface area contributed by atoms with Crippen molar-refractivity contribution in [3.05, 3.63) is 72.8 Å². The SMILES string of the molecule is Bc1ccc2c(c1)c1ccc(O)cc1n2-c1ccc2oc3ccccc3c2n1. The van der Waals surface area contributed by atoms with Gasteiger partial charge in [-0.3, -0.25) is 4.57 Å². The molecule has 0 bridgehead atoms. The first-order chi connectivity index (χ1) is 13.7. The second-order valence-corrected chi connectivity index (χ2v) is 7.17. The number of para-hydroxylation sites is 1. The molecule has 132 valence electrons. The van der Waals surface area contributed by atoms with Gasteiger partial charge in [-0.05, 0) is 42.5 Å². The summed E-state index contributed by atoms with van der Waals surface area (Å²) in [6, 6.07) is 23.8. The fourth-order valence-corrected chi connectivity index (χ4v) is 4.08. The van der Waals surface area contributed by atoms with E-state index in [0.29, 0.717) is 0 Å². The highest BCUT2D eigenvalue weighted by atomic mass is 16.3. The summed E-state index contributed by atoms with van der Waals surface area (Å²) >= 11 is 0. The van der Waals surface area contributed by atoms with Crippen molar-refractivity contribution in [3.8, 4) is 11.6 Å². The number of aromatic nitrogens is 2. The number of rotatable bonds is 1. The minimum absolute atomic E-state index is 0.239. The molecule has 0 radical (unpaired) electrons. The zero-order chi connectivity index (χ0) is 18.8. The average molecular weight is 362 g/mol. The van der Waals surface area contributed by atoms with Gasteiger partial charge in [0.2, 0.25) is 0 Å². The molecule has 0 aliphatic heterocycles. The standard InChI is InChI=1S/C23H15BN2O2/c24-13-5-8-18-17(11-13)15-7-6-14(27)12-19(15)26(18)22-10-9-21-23(25-22)16-3-1-2-4-20(16)28-21/h1-12,27H,24H2. The molecule has 4 nitrogen and oxygen atoms in total. The maximum absolute atomic E-state index is 10.1. The molecule has 5 heteroatoms. The summed E-state index contributed by atoms with van der Waals surface area (Å²) in [5, 5.41) is 13.4. The first-order valence-corrected chi connectivity index (χ1v) is 9.21. The molecule has 28 heavy (non-hydrogen) atoms. The van der Waals surface area contributed by atoms with Gasteiger partial charge in [0.15, 0.2) is 5.58 Å². The van der Waals surface area contributed by atoms with E-state index < -0.39 is 0 Å². The fourth-order valence-electron chi connectivity index (χ4n) is 4.08. The number of pyridine rings is 1. The van der Waals surface area contributed by atoms with Crippen molar-refractivity contribution < 1.29 is 9.52 Å². The van der Waals surface area contributed by atoms with E-state index in [1.807, 2.05) is 42.5 Å². The van der Waals surface area contributed by atoms with Gasteiger partial charge >= 0.3 is 0 Å². The molecule has 0 unspecified atom stereocenters. The molecule has 3 aromatic heterocycles. The Labute approximate surface area is 161 Å². The molecule has 6 aromatic rings.